The third-order valence-corrected chi connectivity index (χ3v) is 22.0. The number of aromatic amines is 2. The maximum atomic E-state index is 14.8. The number of carbonyl (C=O) groups is 16. The first kappa shape index (κ1) is 96.2. The number of nitrogens with one attached hydrogen (secondary N) is 14. The van der Waals surface area contributed by atoms with Gasteiger partial charge >= 0.3 is 29.9 Å². The Hall–Kier alpha value is -14.0. The molecule has 2 aliphatic rings. The number of hydrogen-bond acceptors (Lipinski definition) is 24. The number of hydrazine groups is 1. The Morgan fingerprint density at radius 3 is 1.73 bits per heavy atom. The molecule has 680 valence electrons. The second-order valence-electron chi connectivity index (χ2n) is 29.8. The third-order valence-electron chi connectivity index (χ3n) is 20.7. The molecular formula is C85H102N20O22S. The van der Waals surface area contributed by atoms with Crippen LogP contribution < -0.4 is 74.7 Å². The van der Waals surface area contributed by atoms with Crippen LogP contribution in [0.5, 0.6) is 0 Å². The number of H-pyrrole nitrogens is 2. The van der Waals surface area contributed by atoms with E-state index in [1.807, 2.05) is 63.8 Å². The lowest BCUT2D eigenvalue weighted by atomic mass is 9.95. The number of benzene rings is 5. The average molecular weight is 1790 g/mol. The lowest BCUT2D eigenvalue weighted by Gasteiger charge is -2.28. The predicted molar refractivity (Wildman–Crippen MR) is 462 cm³/mol. The zero-order chi connectivity index (χ0) is 91.6. The van der Waals surface area contributed by atoms with E-state index in [2.05, 4.69) is 73.7 Å². The van der Waals surface area contributed by atoms with Gasteiger partial charge in [-0.2, -0.15) is 0 Å². The van der Waals surface area contributed by atoms with Crippen molar-refractivity contribution in [2.45, 2.75) is 125 Å². The molecule has 8 aromatic rings. The standard InChI is InChI=1S/C85H102N20O22S/c86-29-31-87-32-35-105-77-56-17-5-4-14-51(56)48-104(66-21-11-8-18-57(66)76(77)101-102-105)73(111)26-30-88-69(107)28-36-126-38-39-127-37-33-89-68(106)27-34-103-74(112)43-67(81(103)118)128-49-65(84(123)124)95-72(110)47-92-78(115)62(41-52-44-90-58-19-9-6-15-54(52)58)96-80(117)63(42-53-45-91-59-20-10-7-16-55(53)59)94-71(109)46-93-79(116)64(40-50-12-2-1-3-13-50)99-100-70(108)24-22-60(82(119)120)97-85(125)98-61(83(121)122)23-25-75(113)114/h1-21,44-45,60-65,67,87,90-91,99H,22-43,46-49,86H2,(H,88,107)(H,89,106)(H,92,115)(H,93,116)(H,94,109)(H,95,110)(H,96,117)(H,100,108)(H,113,114)(H,119,120)(H,121,122)(H,123,124)(H2,97,98,125)/t60-,61-,62?,63?,64?,65?,67?/m0/s1. The number of hydrogen-bond donors (Lipinski definition) is 19. The van der Waals surface area contributed by atoms with Crippen molar-refractivity contribution in [1.82, 2.24) is 93.9 Å². The van der Waals surface area contributed by atoms with E-state index in [1.54, 1.807) is 96.2 Å². The summed E-state index contributed by atoms with van der Waals surface area (Å²) in [6.07, 6.45) is -0.117. The number of nitrogens with two attached hydrogens (primary N) is 1. The Kier molecular flexibility index (Phi) is 36.4. The van der Waals surface area contributed by atoms with Crippen LogP contribution in [0.4, 0.5) is 10.5 Å². The van der Waals surface area contributed by atoms with Crippen molar-refractivity contribution in [3.05, 3.63) is 162 Å². The third kappa shape index (κ3) is 28.5. The maximum absolute atomic E-state index is 14.8. The highest BCUT2D eigenvalue weighted by molar-refractivity contribution is 8.00. The number of rotatable bonds is 52. The normalized spacial score (nSPS) is 14.2. The largest absolute Gasteiger partial charge is 0.481 e. The van der Waals surface area contributed by atoms with E-state index in [-0.39, 0.29) is 109 Å². The first-order valence-corrected chi connectivity index (χ1v) is 42.3. The summed E-state index contributed by atoms with van der Waals surface area (Å²) in [5.74, 6) is -14.3. The molecular weight excluding hydrogens is 1690 g/mol. The average Bonchev–Trinajstić information content (AvgIpc) is 1.55. The molecule has 20 N–H and O–H groups in total. The molecule has 3 aromatic heterocycles. The number of carboxylic acid groups (broad SMARTS) is 4. The second kappa shape index (κ2) is 48.5. The second-order valence-corrected chi connectivity index (χ2v) is 31.0. The minimum Gasteiger partial charge on any atom is -0.481 e. The summed E-state index contributed by atoms with van der Waals surface area (Å²) in [7, 11) is 0. The molecule has 7 atom stereocenters. The number of anilines is 1. The molecule has 5 unspecified atom stereocenters. The topological polar surface area (TPSA) is 612 Å². The maximum Gasteiger partial charge on any atom is 0.327 e. The predicted octanol–water partition coefficient (Wildman–Crippen LogP) is -0.394. The monoisotopic (exact) mass is 1790 g/mol. The molecule has 0 aliphatic carbocycles. The molecule has 1 fully saturated rings. The summed E-state index contributed by atoms with van der Waals surface area (Å²) in [5, 5.41) is 73.2. The summed E-state index contributed by atoms with van der Waals surface area (Å²) in [5.41, 5.74) is 18.3. The molecule has 13 amide bonds. The van der Waals surface area contributed by atoms with Gasteiger partial charge in [0.05, 0.1) is 69.2 Å². The zero-order valence-corrected chi connectivity index (χ0v) is 70.4. The van der Waals surface area contributed by atoms with E-state index in [0.29, 0.717) is 76.1 Å². The van der Waals surface area contributed by atoms with Gasteiger partial charge in [-0.1, -0.05) is 114 Å². The number of ether oxygens (including phenoxy) is 2. The van der Waals surface area contributed by atoms with E-state index in [0.717, 1.165) is 39.0 Å². The van der Waals surface area contributed by atoms with Gasteiger partial charge < -0.3 is 104 Å². The van der Waals surface area contributed by atoms with E-state index in [9.17, 15) is 92.0 Å². The number of imide groups is 1. The Bertz CT molecular complexity index is 5300. The smallest absolute Gasteiger partial charge is 0.327 e. The molecule has 10 rings (SSSR count). The molecule has 0 bridgehead atoms. The van der Waals surface area contributed by atoms with E-state index in [1.165, 1.54) is 0 Å². The van der Waals surface area contributed by atoms with Crippen molar-refractivity contribution in [2.75, 3.05) is 89.4 Å². The first-order valence-electron chi connectivity index (χ1n) is 41.3. The number of aromatic nitrogens is 5. The number of para-hydroxylation sites is 3. The van der Waals surface area contributed by atoms with Crippen molar-refractivity contribution in [2.24, 2.45) is 5.73 Å². The van der Waals surface area contributed by atoms with Crippen molar-refractivity contribution in [1.29, 1.82) is 0 Å². The van der Waals surface area contributed by atoms with Crippen molar-refractivity contribution in [3.63, 3.8) is 0 Å². The Morgan fingerprint density at radius 1 is 0.516 bits per heavy atom. The van der Waals surface area contributed by atoms with Crippen LogP contribution in [0.2, 0.25) is 0 Å². The molecule has 1 saturated heterocycles. The molecule has 128 heavy (non-hydrogen) atoms. The number of aliphatic carboxylic acids is 4. The zero-order valence-electron chi connectivity index (χ0n) is 69.6. The van der Waals surface area contributed by atoms with Crippen LogP contribution in [-0.2, 0) is 114 Å². The molecule has 42 nitrogen and oxygen atoms in total. The van der Waals surface area contributed by atoms with Crippen LogP contribution in [0.1, 0.15) is 73.6 Å². The van der Waals surface area contributed by atoms with Gasteiger partial charge in [-0.05, 0) is 59.7 Å². The quantitative estimate of drug-likeness (QED) is 0.0131. The molecule has 43 heteroatoms. The number of carbonyl (C=O) groups excluding carboxylic acids is 12. The van der Waals surface area contributed by atoms with Gasteiger partial charge in [0.2, 0.25) is 65.0 Å². The SMILES string of the molecule is NCCNCCn1nnc2c1-c1ccccc1CN(C(=O)CCNC(=O)CCOCCOCCNC(=O)CCN1C(=O)CC(SCC(NC(=O)CNC(=O)C(Cc3c[nH]c4ccccc34)NC(=O)C(Cc3c[nH]c4ccccc34)NC(=O)CNC(=O)C(Cc3ccccc3)NNC(=O)CC[C@H](NC(=O)N[C@@H](CCC(=O)O)C(=O)O)C(=O)O)C(=O)O)C1=O)c1ccccc1-2. The van der Waals surface area contributed by atoms with Crippen LogP contribution in [-0.4, -0.2) is 271 Å². The van der Waals surface area contributed by atoms with Gasteiger partial charge in [0.25, 0.3) is 0 Å². The number of likely N-dealkylation sites (tertiary alicyclic amines) is 1. The van der Waals surface area contributed by atoms with Crippen molar-refractivity contribution in [3.8, 4) is 22.5 Å². The highest BCUT2D eigenvalue weighted by Gasteiger charge is 2.41. The van der Waals surface area contributed by atoms with E-state index >= 15 is 0 Å². The highest BCUT2D eigenvalue weighted by Crippen LogP contribution is 2.41. The van der Waals surface area contributed by atoms with Crippen LogP contribution in [0.3, 0.4) is 0 Å². The molecule has 0 saturated carbocycles. The number of nitrogens with zero attached hydrogens (tertiary/aromatic N) is 5. The van der Waals surface area contributed by atoms with Gasteiger partial charge in [-0.3, -0.25) is 67.9 Å². The number of amides is 13. The first-order chi connectivity index (χ1) is 61.7. The molecule has 0 radical (unpaired) electrons. The fourth-order valence-corrected chi connectivity index (χ4v) is 15.3. The number of urea groups is 1. The van der Waals surface area contributed by atoms with Crippen LogP contribution in [0.15, 0.2) is 140 Å². The summed E-state index contributed by atoms with van der Waals surface area (Å²) in [6, 6.07) is 27.2. The van der Waals surface area contributed by atoms with Crippen molar-refractivity contribution >= 4 is 134 Å². The van der Waals surface area contributed by atoms with Crippen LogP contribution in [0.25, 0.3) is 44.3 Å². The molecule has 5 aromatic carbocycles. The number of thioether (sulfide) groups is 1. The van der Waals surface area contributed by atoms with E-state index < -0.39 is 169 Å². The molecule has 0 spiro atoms. The fraction of sp³-hybridized carbons (Fsp3) is 0.388. The Labute approximate surface area is 736 Å². The Balaban J connectivity index is 0.650. The summed E-state index contributed by atoms with van der Waals surface area (Å²) in [6.45, 7) is 1.31. The van der Waals surface area contributed by atoms with Crippen LogP contribution >= 0.6 is 11.8 Å². The van der Waals surface area contributed by atoms with Gasteiger partial charge in [-0.25, -0.2) is 29.3 Å². The number of fused-ring (bicyclic) bond motifs is 7. The van der Waals surface area contributed by atoms with E-state index in [4.69, 9.17) is 20.3 Å². The lowest BCUT2D eigenvalue weighted by Crippen LogP contribution is -2.57. The van der Waals surface area contributed by atoms with Gasteiger partial charge in [0.15, 0.2) is 0 Å². The molecule has 2 aliphatic heterocycles. The summed E-state index contributed by atoms with van der Waals surface area (Å²) < 4.78 is 13.0. The minimum atomic E-state index is -1.75. The van der Waals surface area contributed by atoms with Gasteiger partial charge in [0, 0.05) is 142 Å². The summed E-state index contributed by atoms with van der Waals surface area (Å²) >= 11 is 0.785. The Morgan fingerprint density at radius 2 is 1.09 bits per heavy atom. The minimum absolute atomic E-state index is 0.0188. The molecule has 5 heterocycles. The van der Waals surface area contributed by atoms with Crippen LogP contribution in [0, 0.1) is 0 Å². The van der Waals surface area contributed by atoms with Crippen molar-refractivity contribution < 1.29 is 107 Å². The van der Waals surface area contributed by atoms with Gasteiger partial charge in [-0.15, -0.1) is 16.9 Å². The highest BCUT2D eigenvalue weighted by atomic mass is 32.2. The lowest BCUT2D eigenvalue weighted by molar-refractivity contribution is -0.141. The van der Waals surface area contributed by atoms with Gasteiger partial charge in [0.1, 0.15) is 41.9 Å². The fourth-order valence-electron chi connectivity index (χ4n) is 14.1. The number of carboxylic acids is 4. The summed E-state index contributed by atoms with van der Waals surface area (Å²) in [4.78, 5) is 219.